The second kappa shape index (κ2) is 10.4. The monoisotopic (exact) mass is 534 g/mol. The Morgan fingerprint density at radius 2 is 1.56 bits per heavy atom. The number of hydrogen-bond donors (Lipinski definition) is 1. The molecule has 1 N–H and O–H groups in total. The van der Waals surface area contributed by atoms with E-state index >= 15 is 0 Å². The number of amides is 1. The maximum Gasteiger partial charge on any atom is 0.257 e. The van der Waals surface area contributed by atoms with Crippen LogP contribution in [-0.4, -0.2) is 69.4 Å². The van der Waals surface area contributed by atoms with Crippen LogP contribution in [0.4, 0.5) is 5.13 Å². The van der Waals surface area contributed by atoms with Crippen molar-refractivity contribution in [1.29, 1.82) is 0 Å². The summed E-state index contributed by atoms with van der Waals surface area (Å²) < 4.78 is 37.6. The first-order valence-electron chi connectivity index (χ1n) is 12.6. The molecule has 1 aromatic carbocycles. The summed E-state index contributed by atoms with van der Waals surface area (Å²) >= 11 is 1.49. The summed E-state index contributed by atoms with van der Waals surface area (Å²) in [6.45, 7) is 0.980. The van der Waals surface area contributed by atoms with E-state index in [1.54, 1.807) is 0 Å². The van der Waals surface area contributed by atoms with E-state index in [2.05, 4.69) is 15.5 Å². The van der Waals surface area contributed by atoms with Gasteiger partial charge in [0.1, 0.15) is 5.01 Å². The molecule has 36 heavy (non-hydrogen) atoms. The van der Waals surface area contributed by atoms with Gasteiger partial charge in [-0.3, -0.25) is 10.1 Å². The molecule has 1 amide bonds. The minimum absolute atomic E-state index is 0.117. The van der Waals surface area contributed by atoms with Crippen LogP contribution in [0.25, 0.3) is 0 Å². The Morgan fingerprint density at radius 3 is 2.08 bits per heavy atom. The summed E-state index contributed by atoms with van der Waals surface area (Å²) in [6, 6.07) is 5.96. The highest BCUT2D eigenvalue weighted by Crippen LogP contribution is 2.61. The van der Waals surface area contributed by atoms with Crippen molar-refractivity contribution in [2.75, 3.05) is 45.8 Å². The van der Waals surface area contributed by atoms with Crippen LogP contribution in [0.5, 0.6) is 0 Å². The van der Waals surface area contributed by atoms with Crippen molar-refractivity contribution >= 4 is 32.4 Å². The van der Waals surface area contributed by atoms with E-state index in [4.69, 9.17) is 9.47 Å². The van der Waals surface area contributed by atoms with E-state index in [0.29, 0.717) is 10.7 Å². The van der Waals surface area contributed by atoms with E-state index in [9.17, 15) is 13.2 Å². The average Bonchev–Trinajstić information content (AvgIpc) is 3.33. The third-order valence-electron chi connectivity index (χ3n) is 7.98. The summed E-state index contributed by atoms with van der Waals surface area (Å²) in [5.74, 6) is 2.11. The standard InChI is InChI=1S/C25H34N4O5S2/c1-33-9-7-29(8-10-34-2)36(31,32)21-5-3-20(4-6-21)22(30)26-24-28-27-23(35-24)25-14-17-11-18(15-25)13-19(12-17)16-25/h3-6,17-19H,7-16H2,1-2H3,(H,26,28,30). The number of carbonyl (C=O) groups excluding carboxylic acids is 1. The van der Waals surface area contributed by atoms with Gasteiger partial charge in [-0.25, -0.2) is 8.42 Å². The number of nitrogens with one attached hydrogen (secondary N) is 1. The number of carbonyl (C=O) groups is 1. The maximum atomic E-state index is 13.1. The molecule has 4 bridgehead atoms. The van der Waals surface area contributed by atoms with Gasteiger partial charge in [0.2, 0.25) is 15.2 Å². The Kier molecular flexibility index (Phi) is 7.46. The van der Waals surface area contributed by atoms with Gasteiger partial charge in [0.15, 0.2) is 0 Å². The van der Waals surface area contributed by atoms with Crippen molar-refractivity contribution < 1.29 is 22.7 Å². The van der Waals surface area contributed by atoms with Crippen molar-refractivity contribution in [3.8, 4) is 0 Å². The number of nitrogens with zero attached hydrogens (tertiary/aromatic N) is 3. The molecule has 6 rings (SSSR count). The lowest BCUT2D eigenvalue weighted by atomic mass is 9.50. The molecule has 0 saturated heterocycles. The molecule has 4 saturated carbocycles. The number of methoxy groups -OCH3 is 2. The summed E-state index contributed by atoms with van der Waals surface area (Å²) in [4.78, 5) is 13.0. The number of aromatic nitrogens is 2. The second-order valence-corrected chi connectivity index (χ2v) is 13.4. The second-order valence-electron chi connectivity index (χ2n) is 10.5. The smallest absolute Gasteiger partial charge is 0.257 e. The van der Waals surface area contributed by atoms with Crippen LogP contribution < -0.4 is 5.32 Å². The lowest BCUT2D eigenvalue weighted by molar-refractivity contribution is -0.00555. The number of anilines is 1. The molecule has 4 fully saturated rings. The summed E-state index contributed by atoms with van der Waals surface area (Å²) in [5, 5.41) is 13.2. The van der Waals surface area contributed by atoms with Crippen LogP contribution in [-0.2, 0) is 24.9 Å². The van der Waals surface area contributed by atoms with Gasteiger partial charge in [0.25, 0.3) is 5.91 Å². The van der Waals surface area contributed by atoms with Gasteiger partial charge in [-0.1, -0.05) is 11.3 Å². The molecule has 0 aliphatic heterocycles. The zero-order valence-electron chi connectivity index (χ0n) is 20.8. The number of sulfonamides is 1. The first kappa shape index (κ1) is 25.7. The molecule has 0 spiro atoms. The van der Waals surface area contributed by atoms with Crippen molar-refractivity contribution in [3.05, 3.63) is 34.8 Å². The van der Waals surface area contributed by atoms with Crippen molar-refractivity contribution in [3.63, 3.8) is 0 Å². The van der Waals surface area contributed by atoms with Gasteiger partial charge in [0.05, 0.1) is 18.1 Å². The largest absolute Gasteiger partial charge is 0.383 e. The first-order valence-corrected chi connectivity index (χ1v) is 14.8. The molecule has 0 atom stereocenters. The van der Waals surface area contributed by atoms with Gasteiger partial charge in [0, 0.05) is 38.3 Å². The zero-order chi connectivity index (χ0) is 25.3. The third kappa shape index (κ3) is 5.08. The lowest BCUT2D eigenvalue weighted by Gasteiger charge is -2.55. The molecule has 2 aromatic rings. The Hall–Kier alpha value is -1.92. The van der Waals surface area contributed by atoms with E-state index in [1.807, 2.05) is 0 Å². The van der Waals surface area contributed by atoms with Crippen molar-refractivity contribution in [1.82, 2.24) is 14.5 Å². The van der Waals surface area contributed by atoms with E-state index in [-0.39, 0.29) is 42.5 Å². The van der Waals surface area contributed by atoms with Gasteiger partial charge in [-0.2, -0.15) is 4.31 Å². The molecule has 1 aromatic heterocycles. The SMILES string of the molecule is COCCN(CCOC)S(=O)(=O)c1ccc(C(=O)Nc2nnc(C34CC5CC(CC(C5)C3)C4)s2)cc1. The van der Waals surface area contributed by atoms with Crippen LogP contribution in [0, 0.1) is 17.8 Å². The molecule has 0 radical (unpaired) electrons. The first-order chi connectivity index (χ1) is 17.3. The van der Waals surface area contributed by atoms with Crippen molar-refractivity contribution in [2.45, 2.75) is 48.8 Å². The fraction of sp³-hybridized carbons (Fsp3) is 0.640. The summed E-state index contributed by atoms with van der Waals surface area (Å²) in [5.41, 5.74) is 0.504. The Labute approximate surface area is 216 Å². The van der Waals surface area contributed by atoms with E-state index in [1.165, 1.54) is 92.7 Å². The number of rotatable bonds is 11. The number of benzene rings is 1. The fourth-order valence-electron chi connectivity index (χ4n) is 6.70. The fourth-order valence-corrected chi connectivity index (χ4v) is 9.06. The Bertz CT molecular complexity index is 1140. The highest BCUT2D eigenvalue weighted by atomic mass is 32.2. The molecule has 4 aliphatic carbocycles. The molecule has 9 nitrogen and oxygen atoms in total. The molecular weight excluding hydrogens is 500 g/mol. The topological polar surface area (TPSA) is 111 Å². The molecule has 0 unspecified atom stereocenters. The molecular formula is C25H34N4O5S2. The predicted octanol–water partition coefficient (Wildman–Crippen LogP) is 3.54. The normalized spacial score (nSPS) is 27.0. The Morgan fingerprint density at radius 1 is 1.00 bits per heavy atom. The van der Waals surface area contributed by atoms with E-state index < -0.39 is 10.0 Å². The summed E-state index contributed by atoms with van der Waals surface area (Å²) in [7, 11) is -0.692. The highest BCUT2D eigenvalue weighted by molar-refractivity contribution is 7.89. The third-order valence-corrected chi connectivity index (χ3v) is 11.0. The minimum Gasteiger partial charge on any atom is -0.383 e. The minimum atomic E-state index is -3.74. The average molecular weight is 535 g/mol. The van der Waals surface area contributed by atoms with Crippen LogP contribution in [0.1, 0.15) is 53.9 Å². The van der Waals surface area contributed by atoms with Gasteiger partial charge in [-0.15, -0.1) is 10.2 Å². The van der Waals surface area contributed by atoms with Gasteiger partial charge >= 0.3 is 0 Å². The Balaban J connectivity index is 1.25. The zero-order valence-corrected chi connectivity index (χ0v) is 22.4. The molecule has 1 heterocycles. The van der Waals surface area contributed by atoms with Crippen LogP contribution in [0.3, 0.4) is 0 Å². The maximum absolute atomic E-state index is 13.1. The molecule has 4 aliphatic rings. The van der Waals surface area contributed by atoms with Crippen LogP contribution in [0.2, 0.25) is 0 Å². The number of ether oxygens (including phenoxy) is 2. The molecule has 196 valence electrons. The predicted molar refractivity (Wildman–Crippen MR) is 137 cm³/mol. The highest BCUT2D eigenvalue weighted by Gasteiger charge is 2.53. The lowest BCUT2D eigenvalue weighted by Crippen LogP contribution is -2.48. The molecule has 11 heteroatoms. The summed E-state index contributed by atoms with van der Waals surface area (Å²) in [6.07, 6.45) is 7.69. The van der Waals surface area contributed by atoms with Crippen molar-refractivity contribution in [2.24, 2.45) is 17.8 Å². The van der Waals surface area contributed by atoms with Crippen LogP contribution in [0.15, 0.2) is 29.2 Å². The van der Waals surface area contributed by atoms with Crippen LogP contribution >= 0.6 is 11.3 Å². The number of hydrogen-bond acceptors (Lipinski definition) is 8. The van der Waals surface area contributed by atoms with E-state index in [0.717, 1.165) is 22.8 Å². The quantitative estimate of drug-likeness (QED) is 0.469. The van der Waals surface area contributed by atoms with Gasteiger partial charge in [-0.05, 0) is 80.5 Å². The van der Waals surface area contributed by atoms with Gasteiger partial charge < -0.3 is 9.47 Å².